The summed E-state index contributed by atoms with van der Waals surface area (Å²) in [6, 6.07) is 0. The van der Waals surface area contributed by atoms with Crippen LogP contribution in [0.15, 0.2) is 0 Å². The molecule has 0 aromatic carbocycles. The van der Waals surface area contributed by atoms with Gasteiger partial charge in [-0.2, -0.15) is 0 Å². The maximum absolute atomic E-state index is 11.5. The first-order valence-electron chi connectivity index (χ1n) is 6.13. The Kier molecular flexibility index (Phi) is 5.77. The Morgan fingerprint density at radius 2 is 2.12 bits per heavy atom. The Morgan fingerprint density at radius 3 is 2.62 bits per heavy atom. The monoisotopic (exact) mass is 228 g/mol. The molecule has 0 spiro atoms. The molecule has 0 saturated heterocycles. The molecule has 1 aliphatic carbocycles. The van der Waals surface area contributed by atoms with Crippen LogP contribution in [-0.2, 0) is 9.53 Å². The van der Waals surface area contributed by atoms with Gasteiger partial charge in [0.25, 0.3) is 0 Å². The summed E-state index contributed by atoms with van der Waals surface area (Å²) in [5.41, 5.74) is 0. The maximum Gasteiger partial charge on any atom is 0.234 e. The van der Waals surface area contributed by atoms with Crippen LogP contribution in [0.4, 0.5) is 0 Å². The number of carbonyl (C=O) groups excluding carboxylic acids is 1. The lowest BCUT2D eigenvalue weighted by Crippen LogP contribution is -2.40. The third kappa shape index (κ3) is 5.47. The van der Waals surface area contributed by atoms with Gasteiger partial charge in [0, 0.05) is 13.7 Å². The zero-order valence-corrected chi connectivity index (χ0v) is 10.6. The summed E-state index contributed by atoms with van der Waals surface area (Å²) in [6.07, 6.45) is 2.73. The molecular formula is C12H24N2O2. The van der Waals surface area contributed by atoms with Gasteiger partial charge < -0.3 is 15.4 Å². The molecule has 0 aliphatic heterocycles. The molecule has 1 rings (SSSR count). The molecule has 1 atom stereocenters. The SMILES string of the molecule is COC(CNC(=O)CNCC1CC1)C(C)C. The van der Waals surface area contributed by atoms with Crippen molar-refractivity contribution in [2.45, 2.75) is 32.8 Å². The van der Waals surface area contributed by atoms with Crippen LogP contribution >= 0.6 is 0 Å². The van der Waals surface area contributed by atoms with Gasteiger partial charge in [0.15, 0.2) is 0 Å². The highest BCUT2D eigenvalue weighted by Gasteiger charge is 2.20. The van der Waals surface area contributed by atoms with E-state index in [1.165, 1.54) is 12.8 Å². The minimum atomic E-state index is 0.0587. The fourth-order valence-electron chi connectivity index (χ4n) is 1.58. The number of ether oxygens (including phenoxy) is 1. The smallest absolute Gasteiger partial charge is 0.234 e. The van der Waals surface area contributed by atoms with Crippen LogP contribution in [0, 0.1) is 11.8 Å². The van der Waals surface area contributed by atoms with Crippen molar-refractivity contribution in [2.24, 2.45) is 11.8 Å². The van der Waals surface area contributed by atoms with E-state index < -0.39 is 0 Å². The van der Waals surface area contributed by atoms with E-state index in [0.29, 0.717) is 19.0 Å². The van der Waals surface area contributed by atoms with Crippen molar-refractivity contribution >= 4 is 5.91 Å². The molecule has 0 aromatic heterocycles. The summed E-state index contributed by atoms with van der Waals surface area (Å²) in [5.74, 6) is 1.29. The van der Waals surface area contributed by atoms with Crippen molar-refractivity contribution in [3.63, 3.8) is 0 Å². The highest BCUT2D eigenvalue weighted by molar-refractivity contribution is 5.77. The van der Waals surface area contributed by atoms with Crippen LogP contribution in [0.3, 0.4) is 0 Å². The summed E-state index contributed by atoms with van der Waals surface area (Å²) >= 11 is 0. The molecule has 1 amide bonds. The number of amides is 1. The number of methoxy groups -OCH3 is 1. The molecule has 0 bridgehead atoms. The Labute approximate surface area is 98.1 Å². The largest absolute Gasteiger partial charge is 0.379 e. The van der Waals surface area contributed by atoms with Crippen molar-refractivity contribution in [2.75, 3.05) is 26.7 Å². The average molecular weight is 228 g/mol. The quantitative estimate of drug-likeness (QED) is 0.645. The van der Waals surface area contributed by atoms with Gasteiger partial charge >= 0.3 is 0 Å². The fraction of sp³-hybridized carbons (Fsp3) is 0.917. The standard InChI is InChI=1S/C12H24N2O2/c1-9(2)11(16-3)7-14-12(15)8-13-6-10-4-5-10/h9-11,13H,4-8H2,1-3H3,(H,14,15). The first-order valence-corrected chi connectivity index (χ1v) is 6.13. The van der Waals surface area contributed by atoms with Crippen molar-refractivity contribution in [3.8, 4) is 0 Å². The van der Waals surface area contributed by atoms with Crippen LogP contribution in [0.1, 0.15) is 26.7 Å². The predicted molar refractivity (Wildman–Crippen MR) is 64.2 cm³/mol. The lowest BCUT2D eigenvalue weighted by Gasteiger charge is -2.19. The molecule has 0 heterocycles. The summed E-state index contributed by atoms with van der Waals surface area (Å²) in [4.78, 5) is 11.5. The lowest BCUT2D eigenvalue weighted by atomic mass is 10.1. The minimum Gasteiger partial charge on any atom is -0.379 e. The van der Waals surface area contributed by atoms with Crippen molar-refractivity contribution in [1.82, 2.24) is 10.6 Å². The summed E-state index contributed by atoms with van der Waals surface area (Å²) < 4.78 is 5.28. The first kappa shape index (κ1) is 13.5. The topological polar surface area (TPSA) is 50.4 Å². The van der Waals surface area contributed by atoms with Gasteiger partial charge in [-0.3, -0.25) is 4.79 Å². The summed E-state index contributed by atoms with van der Waals surface area (Å²) in [6.45, 7) is 6.17. The van der Waals surface area contributed by atoms with E-state index in [-0.39, 0.29) is 12.0 Å². The lowest BCUT2D eigenvalue weighted by molar-refractivity contribution is -0.120. The van der Waals surface area contributed by atoms with E-state index in [0.717, 1.165) is 12.5 Å². The van der Waals surface area contributed by atoms with Crippen molar-refractivity contribution in [3.05, 3.63) is 0 Å². The molecule has 0 radical (unpaired) electrons. The van der Waals surface area contributed by atoms with E-state index in [9.17, 15) is 4.79 Å². The number of hydrogen-bond donors (Lipinski definition) is 2. The molecule has 4 heteroatoms. The predicted octanol–water partition coefficient (Wildman–Crippen LogP) is 0.773. The van der Waals surface area contributed by atoms with Gasteiger partial charge in [-0.25, -0.2) is 0 Å². The van der Waals surface area contributed by atoms with Crippen LogP contribution in [-0.4, -0.2) is 38.8 Å². The fourth-order valence-corrected chi connectivity index (χ4v) is 1.58. The van der Waals surface area contributed by atoms with Crippen molar-refractivity contribution < 1.29 is 9.53 Å². The molecular weight excluding hydrogens is 204 g/mol. The number of rotatable bonds is 8. The summed E-state index contributed by atoms with van der Waals surface area (Å²) in [7, 11) is 1.68. The molecule has 16 heavy (non-hydrogen) atoms. The Balaban J connectivity index is 2.03. The van der Waals surface area contributed by atoms with Gasteiger partial charge in [-0.05, 0) is 31.2 Å². The molecule has 0 aromatic rings. The molecule has 1 saturated carbocycles. The van der Waals surface area contributed by atoms with Crippen LogP contribution in [0.2, 0.25) is 0 Å². The Bertz CT molecular complexity index is 215. The Morgan fingerprint density at radius 1 is 1.44 bits per heavy atom. The molecule has 1 fully saturated rings. The van der Waals surface area contributed by atoms with E-state index >= 15 is 0 Å². The van der Waals surface area contributed by atoms with E-state index in [1.807, 2.05) is 0 Å². The molecule has 94 valence electrons. The van der Waals surface area contributed by atoms with Gasteiger partial charge in [-0.1, -0.05) is 13.8 Å². The second-order valence-corrected chi connectivity index (χ2v) is 4.90. The Hall–Kier alpha value is -0.610. The minimum absolute atomic E-state index is 0.0587. The second kappa shape index (κ2) is 6.86. The second-order valence-electron chi connectivity index (χ2n) is 4.90. The van der Waals surface area contributed by atoms with Crippen molar-refractivity contribution in [1.29, 1.82) is 0 Å². The van der Waals surface area contributed by atoms with Crippen LogP contribution < -0.4 is 10.6 Å². The van der Waals surface area contributed by atoms with E-state index in [1.54, 1.807) is 7.11 Å². The zero-order chi connectivity index (χ0) is 12.0. The normalized spacial score (nSPS) is 17.5. The summed E-state index contributed by atoms with van der Waals surface area (Å²) in [5, 5.41) is 6.05. The molecule has 2 N–H and O–H groups in total. The maximum atomic E-state index is 11.5. The van der Waals surface area contributed by atoms with Gasteiger partial charge in [0.2, 0.25) is 5.91 Å². The highest BCUT2D eigenvalue weighted by atomic mass is 16.5. The number of carbonyl (C=O) groups is 1. The van der Waals surface area contributed by atoms with E-state index in [4.69, 9.17) is 4.74 Å². The zero-order valence-electron chi connectivity index (χ0n) is 10.6. The van der Waals surface area contributed by atoms with Gasteiger partial charge in [0.1, 0.15) is 0 Å². The third-order valence-electron chi connectivity index (χ3n) is 2.96. The number of nitrogens with one attached hydrogen (secondary N) is 2. The molecule has 4 nitrogen and oxygen atoms in total. The number of hydrogen-bond acceptors (Lipinski definition) is 3. The first-order chi connectivity index (χ1) is 7.63. The van der Waals surface area contributed by atoms with E-state index in [2.05, 4.69) is 24.5 Å². The molecule has 1 aliphatic rings. The molecule has 1 unspecified atom stereocenters. The average Bonchev–Trinajstić information content (AvgIpc) is 3.02. The van der Waals surface area contributed by atoms with Gasteiger partial charge in [-0.15, -0.1) is 0 Å². The highest BCUT2D eigenvalue weighted by Crippen LogP contribution is 2.27. The van der Waals surface area contributed by atoms with Gasteiger partial charge in [0.05, 0.1) is 12.6 Å². The van der Waals surface area contributed by atoms with Crippen LogP contribution in [0.5, 0.6) is 0 Å². The third-order valence-corrected chi connectivity index (χ3v) is 2.96. The van der Waals surface area contributed by atoms with Crippen LogP contribution in [0.25, 0.3) is 0 Å².